The Hall–Kier alpha value is -4.27. The Bertz CT molecular complexity index is 1290. The molecule has 1 aliphatic heterocycles. The SMILES string of the molecule is Cc1ccc(-n2c(C)cc(/C=C3/NC(=O)N(CC(=O)Nc4ccccc4F)C3=O)c2C)nc1. The first-order chi connectivity index (χ1) is 15.7. The fourth-order valence-corrected chi connectivity index (χ4v) is 3.65. The molecule has 0 aliphatic carbocycles. The molecule has 1 aliphatic rings. The number of imide groups is 1. The molecule has 0 saturated carbocycles. The smallest absolute Gasteiger partial charge is 0.322 e. The van der Waals surface area contributed by atoms with Crippen molar-refractivity contribution in [3.8, 4) is 5.82 Å². The van der Waals surface area contributed by atoms with Crippen molar-refractivity contribution in [2.24, 2.45) is 0 Å². The average molecular weight is 447 g/mol. The number of anilines is 1. The maximum Gasteiger partial charge on any atom is 0.329 e. The quantitative estimate of drug-likeness (QED) is 0.462. The predicted octanol–water partition coefficient (Wildman–Crippen LogP) is 3.47. The summed E-state index contributed by atoms with van der Waals surface area (Å²) in [7, 11) is 0. The maximum atomic E-state index is 13.7. The van der Waals surface area contributed by atoms with Gasteiger partial charge in [-0.2, -0.15) is 0 Å². The normalized spacial score (nSPS) is 14.7. The monoisotopic (exact) mass is 447 g/mol. The largest absolute Gasteiger partial charge is 0.329 e. The summed E-state index contributed by atoms with van der Waals surface area (Å²) >= 11 is 0. The van der Waals surface area contributed by atoms with E-state index in [1.807, 2.05) is 43.5 Å². The number of benzene rings is 1. The molecule has 0 bridgehead atoms. The molecule has 168 valence electrons. The first-order valence-corrected chi connectivity index (χ1v) is 10.3. The maximum absolute atomic E-state index is 13.7. The van der Waals surface area contributed by atoms with E-state index in [9.17, 15) is 18.8 Å². The van der Waals surface area contributed by atoms with Crippen LogP contribution >= 0.6 is 0 Å². The number of carbonyl (C=O) groups is 3. The standard InChI is InChI=1S/C24H22FN5O3/c1-14-8-9-21(26-12-14)30-15(2)10-17(16(30)3)11-20-23(32)29(24(33)28-20)13-22(31)27-19-7-5-4-6-18(19)25/h4-12H,13H2,1-3H3,(H,27,31)(H,28,33)/b20-11+. The minimum absolute atomic E-state index is 0.0255. The summed E-state index contributed by atoms with van der Waals surface area (Å²) in [6, 6.07) is 10.7. The van der Waals surface area contributed by atoms with E-state index in [4.69, 9.17) is 0 Å². The zero-order valence-corrected chi connectivity index (χ0v) is 18.3. The van der Waals surface area contributed by atoms with Crippen molar-refractivity contribution in [1.82, 2.24) is 19.8 Å². The highest BCUT2D eigenvalue weighted by atomic mass is 19.1. The van der Waals surface area contributed by atoms with Gasteiger partial charge in [-0.1, -0.05) is 18.2 Å². The van der Waals surface area contributed by atoms with Gasteiger partial charge in [-0.15, -0.1) is 0 Å². The van der Waals surface area contributed by atoms with Gasteiger partial charge in [0, 0.05) is 17.6 Å². The number of nitrogens with one attached hydrogen (secondary N) is 2. The fourth-order valence-electron chi connectivity index (χ4n) is 3.65. The lowest BCUT2D eigenvalue weighted by molar-refractivity contribution is -0.127. The molecule has 3 aromatic rings. The van der Waals surface area contributed by atoms with Crippen LogP contribution in [0.4, 0.5) is 14.9 Å². The number of urea groups is 1. The van der Waals surface area contributed by atoms with Gasteiger partial charge in [-0.05, 0) is 62.2 Å². The Morgan fingerprint density at radius 3 is 2.61 bits per heavy atom. The number of pyridine rings is 1. The highest BCUT2D eigenvalue weighted by Gasteiger charge is 2.35. The Morgan fingerprint density at radius 2 is 1.91 bits per heavy atom. The molecule has 4 rings (SSSR count). The number of hydrogen-bond donors (Lipinski definition) is 2. The number of halogens is 1. The summed E-state index contributed by atoms with van der Waals surface area (Å²) < 4.78 is 15.7. The minimum atomic E-state index is -0.719. The van der Waals surface area contributed by atoms with Gasteiger partial charge in [0.1, 0.15) is 23.9 Å². The van der Waals surface area contributed by atoms with E-state index < -0.39 is 30.2 Å². The molecule has 0 atom stereocenters. The van der Waals surface area contributed by atoms with Crippen LogP contribution in [0.15, 0.2) is 54.4 Å². The van der Waals surface area contributed by atoms with Crippen LogP contribution in [0.2, 0.25) is 0 Å². The topological polar surface area (TPSA) is 96.3 Å². The van der Waals surface area contributed by atoms with Crippen molar-refractivity contribution >= 4 is 29.6 Å². The molecule has 3 heterocycles. The molecule has 0 radical (unpaired) electrons. The van der Waals surface area contributed by atoms with Gasteiger partial charge in [0.25, 0.3) is 5.91 Å². The molecule has 8 nitrogen and oxygen atoms in total. The van der Waals surface area contributed by atoms with Crippen LogP contribution in [0.25, 0.3) is 11.9 Å². The molecule has 0 spiro atoms. The van der Waals surface area contributed by atoms with Gasteiger partial charge >= 0.3 is 6.03 Å². The second-order valence-electron chi connectivity index (χ2n) is 7.76. The second-order valence-corrected chi connectivity index (χ2v) is 7.76. The van der Waals surface area contributed by atoms with Crippen LogP contribution in [0.5, 0.6) is 0 Å². The average Bonchev–Trinajstić information content (AvgIpc) is 3.20. The third-order valence-electron chi connectivity index (χ3n) is 5.31. The Morgan fingerprint density at radius 1 is 1.15 bits per heavy atom. The van der Waals surface area contributed by atoms with Gasteiger partial charge in [-0.25, -0.2) is 19.1 Å². The van der Waals surface area contributed by atoms with Crippen molar-refractivity contribution in [2.75, 3.05) is 11.9 Å². The van der Waals surface area contributed by atoms with Gasteiger partial charge in [0.2, 0.25) is 5.91 Å². The number of para-hydroxylation sites is 1. The van der Waals surface area contributed by atoms with Crippen molar-refractivity contribution in [2.45, 2.75) is 20.8 Å². The Kier molecular flexibility index (Phi) is 5.78. The molecular formula is C24H22FN5O3. The van der Waals surface area contributed by atoms with Crippen LogP contribution in [0.1, 0.15) is 22.5 Å². The van der Waals surface area contributed by atoms with E-state index in [2.05, 4.69) is 15.6 Å². The van der Waals surface area contributed by atoms with Crippen molar-refractivity contribution in [3.63, 3.8) is 0 Å². The molecule has 33 heavy (non-hydrogen) atoms. The number of amides is 4. The van der Waals surface area contributed by atoms with E-state index in [1.165, 1.54) is 18.2 Å². The van der Waals surface area contributed by atoms with Crippen molar-refractivity contribution in [3.05, 3.63) is 82.7 Å². The molecule has 1 fully saturated rings. The summed E-state index contributed by atoms with van der Waals surface area (Å²) in [4.78, 5) is 42.6. The predicted molar refractivity (Wildman–Crippen MR) is 121 cm³/mol. The molecule has 4 amide bonds. The molecule has 1 aromatic carbocycles. The van der Waals surface area contributed by atoms with Crippen molar-refractivity contribution in [1.29, 1.82) is 0 Å². The van der Waals surface area contributed by atoms with Gasteiger partial charge in [0.05, 0.1) is 5.69 Å². The number of carbonyl (C=O) groups excluding carboxylic acids is 3. The molecule has 2 aromatic heterocycles. The molecule has 0 unspecified atom stereocenters. The molecule has 1 saturated heterocycles. The zero-order valence-electron chi connectivity index (χ0n) is 18.3. The van der Waals surface area contributed by atoms with Crippen LogP contribution in [0.3, 0.4) is 0 Å². The third-order valence-corrected chi connectivity index (χ3v) is 5.31. The molecule has 9 heteroatoms. The summed E-state index contributed by atoms with van der Waals surface area (Å²) in [5, 5.41) is 4.87. The highest BCUT2D eigenvalue weighted by molar-refractivity contribution is 6.16. The number of nitrogens with zero attached hydrogens (tertiary/aromatic N) is 3. The van der Waals surface area contributed by atoms with E-state index in [0.717, 1.165) is 33.2 Å². The van der Waals surface area contributed by atoms with E-state index in [1.54, 1.807) is 18.3 Å². The minimum Gasteiger partial charge on any atom is -0.322 e. The fraction of sp³-hybridized carbons (Fsp3) is 0.167. The first kappa shape index (κ1) is 21.9. The summed E-state index contributed by atoms with van der Waals surface area (Å²) in [6.07, 6.45) is 3.35. The lowest BCUT2D eigenvalue weighted by Gasteiger charge is -2.12. The van der Waals surface area contributed by atoms with Gasteiger partial charge in [-0.3, -0.25) is 9.59 Å². The number of hydrogen-bond acceptors (Lipinski definition) is 4. The van der Waals surface area contributed by atoms with Crippen LogP contribution < -0.4 is 10.6 Å². The van der Waals surface area contributed by atoms with Crippen LogP contribution in [0, 0.1) is 26.6 Å². The van der Waals surface area contributed by atoms with Gasteiger partial charge < -0.3 is 15.2 Å². The lowest BCUT2D eigenvalue weighted by Crippen LogP contribution is -2.38. The Balaban J connectivity index is 1.53. The lowest BCUT2D eigenvalue weighted by atomic mass is 10.2. The Labute approximate surface area is 189 Å². The van der Waals surface area contributed by atoms with Crippen molar-refractivity contribution < 1.29 is 18.8 Å². The number of aromatic nitrogens is 2. The number of aryl methyl sites for hydroxylation is 2. The number of rotatable bonds is 5. The van der Waals surface area contributed by atoms with Crippen LogP contribution in [-0.2, 0) is 9.59 Å². The zero-order chi connectivity index (χ0) is 23.7. The highest BCUT2D eigenvalue weighted by Crippen LogP contribution is 2.23. The molecular weight excluding hydrogens is 425 g/mol. The summed E-state index contributed by atoms with van der Waals surface area (Å²) in [5.74, 6) is -1.19. The second kappa shape index (κ2) is 8.70. The summed E-state index contributed by atoms with van der Waals surface area (Å²) in [5.41, 5.74) is 3.55. The molecule has 2 N–H and O–H groups in total. The van der Waals surface area contributed by atoms with E-state index in [-0.39, 0.29) is 11.4 Å². The van der Waals surface area contributed by atoms with E-state index in [0.29, 0.717) is 0 Å². The van der Waals surface area contributed by atoms with E-state index >= 15 is 0 Å². The first-order valence-electron chi connectivity index (χ1n) is 10.3. The van der Waals surface area contributed by atoms with Gasteiger partial charge in [0.15, 0.2) is 0 Å². The third kappa shape index (κ3) is 4.38. The van der Waals surface area contributed by atoms with Crippen LogP contribution in [-0.4, -0.2) is 38.8 Å². The summed E-state index contributed by atoms with van der Waals surface area (Å²) in [6.45, 7) is 5.23.